The van der Waals surface area contributed by atoms with E-state index in [9.17, 15) is 0 Å². The molecule has 5 nitrogen and oxygen atoms in total. The van der Waals surface area contributed by atoms with Gasteiger partial charge in [-0.05, 0) is 26.0 Å². The van der Waals surface area contributed by atoms with Gasteiger partial charge in [0, 0.05) is 12.1 Å². The van der Waals surface area contributed by atoms with E-state index in [1.807, 2.05) is 18.5 Å². The van der Waals surface area contributed by atoms with Crippen molar-refractivity contribution in [3.8, 4) is 5.75 Å². The Morgan fingerprint density at radius 1 is 1.44 bits per heavy atom. The van der Waals surface area contributed by atoms with Crippen LogP contribution in [0.5, 0.6) is 5.75 Å². The quantitative estimate of drug-likeness (QED) is 0.864. The van der Waals surface area contributed by atoms with Gasteiger partial charge < -0.3 is 10.5 Å². The zero-order valence-corrected chi connectivity index (χ0v) is 11.1. The molecule has 96 valence electrons. The van der Waals surface area contributed by atoms with Crippen LogP contribution in [0.25, 0.3) is 0 Å². The third-order valence-corrected chi connectivity index (χ3v) is 2.80. The van der Waals surface area contributed by atoms with Crippen molar-refractivity contribution >= 4 is 17.3 Å². The van der Waals surface area contributed by atoms with Crippen molar-refractivity contribution in [2.75, 3.05) is 5.73 Å². The van der Waals surface area contributed by atoms with Crippen LogP contribution in [0.3, 0.4) is 0 Å². The molecule has 2 aromatic rings. The molecule has 0 saturated heterocycles. The average Bonchev–Trinajstić information content (AvgIpc) is 2.79. The molecule has 2 rings (SSSR count). The third kappa shape index (κ3) is 2.73. The van der Waals surface area contributed by atoms with Gasteiger partial charge in [0.2, 0.25) is 0 Å². The van der Waals surface area contributed by atoms with E-state index in [1.54, 1.807) is 18.2 Å². The lowest BCUT2D eigenvalue weighted by atomic mass is 10.3. The summed E-state index contributed by atoms with van der Waals surface area (Å²) < 4.78 is 7.43. The molecule has 0 bridgehead atoms. The Bertz CT molecular complexity index is 539. The maximum atomic E-state index is 5.92. The molecule has 2 N–H and O–H groups in total. The van der Waals surface area contributed by atoms with E-state index in [4.69, 9.17) is 22.1 Å². The van der Waals surface area contributed by atoms with E-state index in [1.165, 1.54) is 6.33 Å². The van der Waals surface area contributed by atoms with E-state index < -0.39 is 0 Å². The lowest BCUT2D eigenvalue weighted by Crippen LogP contribution is -2.10. The summed E-state index contributed by atoms with van der Waals surface area (Å²) in [4.78, 5) is 4.16. The summed E-state index contributed by atoms with van der Waals surface area (Å²) in [5, 5.41) is 4.62. The first-order valence-electron chi connectivity index (χ1n) is 5.64. The Kier molecular flexibility index (Phi) is 3.72. The van der Waals surface area contributed by atoms with E-state index in [-0.39, 0.29) is 6.04 Å². The highest BCUT2D eigenvalue weighted by Crippen LogP contribution is 2.24. The largest absolute Gasteiger partial charge is 0.486 e. The molecule has 1 aromatic carbocycles. The molecule has 0 aliphatic rings. The van der Waals surface area contributed by atoms with Crippen molar-refractivity contribution in [3.63, 3.8) is 0 Å². The average molecular weight is 267 g/mol. The van der Waals surface area contributed by atoms with Crippen LogP contribution in [0.15, 0.2) is 24.5 Å². The Labute approximate surface area is 111 Å². The molecule has 0 aliphatic carbocycles. The number of rotatable bonds is 4. The first-order chi connectivity index (χ1) is 8.58. The van der Waals surface area contributed by atoms with Crippen molar-refractivity contribution in [1.29, 1.82) is 0 Å². The predicted octanol–water partition coefficient (Wildman–Crippen LogP) is 2.67. The van der Waals surface area contributed by atoms with Gasteiger partial charge in [-0.15, -0.1) is 0 Å². The van der Waals surface area contributed by atoms with Gasteiger partial charge in [-0.3, -0.25) is 0 Å². The maximum Gasteiger partial charge on any atom is 0.165 e. The van der Waals surface area contributed by atoms with Gasteiger partial charge in [0.05, 0.1) is 10.7 Å². The Balaban J connectivity index is 2.07. The second-order valence-corrected chi connectivity index (χ2v) is 4.59. The summed E-state index contributed by atoms with van der Waals surface area (Å²) in [6.07, 6.45) is 1.52. The monoisotopic (exact) mass is 266 g/mol. The molecule has 1 heterocycles. The maximum absolute atomic E-state index is 5.92. The SMILES string of the molecule is CC(C)n1ncnc1COc1ccc(N)c(Cl)c1. The fraction of sp³-hybridized carbons (Fsp3) is 0.333. The minimum Gasteiger partial charge on any atom is -0.486 e. The summed E-state index contributed by atoms with van der Waals surface area (Å²) in [6.45, 7) is 4.43. The van der Waals surface area contributed by atoms with Gasteiger partial charge in [0.15, 0.2) is 5.82 Å². The zero-order chi connectivity index (χ0) is 13.1. The molecule has 6 heteroatoms. The van der Waals surface area contributed by atoms with Crippen molar-refractivity contribution < 1.29 is 4.74 Å². The normalized spacial score (nSPS) is 10.9. The molecule has 18 heavy (non-hydrogen) atoms. The lowest BCUT2D eigenvalue weighted by Gasteiger charge is -2.10. The first-order valence-corrected chi connectivity index (χ1v) is 6.02. The van der Waals surface area contributed by atoms with E-state index in [2.05, 4.69) is 10.1 Å². The minimum atomic E-state index is 0.251. The van der Waals surface area contributed by atoms with Crippen LogP contribution < -0.4 is 10.5 Å². The number of nitrogens with zero attached hydrogens (tertiary/aromatic N) is 3. The van der Waals surface area contributed by atoms with Gasteiger partial charge in [-0.25, -0.2) is 9.67 Å². The number of halogens is 1. The van der Waals surface area contributed by atoms with E-state index in [0.29, 0.717) is 23.1 Å². The summed E-state index contributed by atoms with van der Waals surface area (Å²) in [7, 11) is 0. The van der Waals surface area contributed by atoms with Crippen LogP contribution in [0, 0.1) is 0 Å². The molecule has 0 saturated carbocycles. The molecule has 0 radical (unpaired) electrons. The highest BCUT2D eigenvalue weighted by molar-refractivity contribution is 6.33. The number of benzene rings is 1. The van der Waals surface area contributed by atoms with Gasteiger partial charge >= 0.3 is 0 Å². The van der Waals surface area contributed by atoms with Crippen molar-refractivity contribution in [3.05, 3.63) is 35.4 Å². The van der Waals surface area contributed by atoms with Gasteiger partial charge in [-0.1, -0.05) is 11.6 Å². The molecule has 0 amide bonds. The number of hydrogen-bond acceptors (Lipinski definition) is 4. The number of ether oxygens (including phenoxy) is 1. The van der Waals surface area contributed by atoms with Crippen LogP contribution in [0.2, 0.25) is 5.02 Å². The molecule has 0 spiro atoms. The van der Waals surface area contributed by atoms with Crippen LogP contribution in [0.4, 0.5) is 5.69 Å². The number of aromatic nitrogens is 3. The smallest absolute Gasteiger partial charge is 0.165 e. The Hall–Kier alpha value is -1.75. The standard InChI is InChI=1S/C12H15ClN4O/c1-8(2)17-12(15-7-16-17)6-18-9-3-4-11(14)10(13)5-9/h3-5,7-8H,6,14H2,1-2H3. The Morgan fingerprint density at radius 2 is 2.22 bits per heavy atom. The van der Waals surface area contributed by atoms with Gasteiger partial charge in [0.25, 0.3) is 0 Å². The summed E-state index contributed by atoms with van der Waals surface area (Å²) >= 11 is 5.92. The third-order valence-electron chi connectivity index (χ3n) is 2.48. The molecule has 0 unspecified atom stereocenters. The lowest BCUT2D eigenvalue weighted by molar-refractivity contribution is 0.282. The second-order valence-electron chi connectivity index (χ2n) is 4.19. The van der Waals surface area contributed by atoms with Crippen molar-refractivity contribution in [2.24, 2.45) is 0 Å². The van der Waals surface area contributed by atoms with Gasteiger partial charge in [0.1, 0.15) is 18.7 Å². The van der Waals surface area contributed by atoms with Crippen molar-refractivity contribution in [2.45, 2.75) is 26.5 Å². The van der Waals surface area contributed by atoms with Crippen LogP contribution in [-0.2, 0) is 6.61 Å². The van der Waals surface area contributed by atoms with Crippen LogP contribution >= 0.6 is 11.6 Å². The topological polar surface area (TPSA) is 66.0 Å². The van der Waals surface area contributed by atoms with E-state index >= 15 is 0 Å². The number of nitrogen functional groups attached to an aromatic ring is 1. The van der Waals surface area contributed by atoms with Crippen molar-refractivity contribution in [1.82, 2.24) is 14.8 Å². The predicted molar refractivity (Wildman–Crippen MR) is 70.6 cm³/mol. The van der Waals surface area contributed by atoms with Gasteiger partial charge in [-0.2, -0.15) is 5.10 Å². The fourth-order valence-corrected chi connectivity index (χ4v) is 1.72. The molecule has 0 fully saturated rings. The zero-order valence-electron chi connectivity index (χ0n) is 10.3. The molecular formula is C12H15ClN4O. The highest BCUT2D eigenvalue weighted by Gasteiger charge is 2.08. The molecule has 0 atom stereocenters. The summed E-state index contributed by atoms with van der Waals surface area (Å²) in [5.74, 6) is 1.44. The van der Waals surface area contributed by atoms with Crippen LogP contribution in [0.1, 0.15) is 25.7 Å². The molecular weight excluding hydrogens is 252 g/mol. The Morgan fingerprint density at radius 3 is 2.89 bits per heavy atom. The second kappa shape index (κ2) is 5.27. The first kappa shape index (κ1) is 12.7. The molecule has 1 aromatic heterocycles. The number of anilines is 1. The summed E-state index contributed by atoms with van der Waals surface area (Å²) in [5.41, 5.74) is 6.17. The number of nitrogens with two attached hydrogens (primary N) is 1. The molecule has 0 aliphatic heterocycles. The van der Waals surface area contributed by atoms with E-state index in [0.717, 1.165) is 5.82 Å². The highest BCUT2D eigenvalue weighted by atomic mass is 35.5. The fourth-order valence-electron chi connectivity index (χ4n) is 1.55. The summed E-state index contributed by atoms with van der Waals surface area (Å²) in [6, 6.07) is 5.43. The minimum absolute atomic E-state index is 0.251. The number of hydrogen-bond donors (Lipinski definition) is 1. The van der Waals surface area contributed by atoms with Crippen LogP contribution in [-0.4, -0.2) is 14.8 Å².